The van der Waals surface area contributed by atoms with Crippen molar-refractivity contribution in [1.29, 1.82) is 0 Å². The second-order valence-electron chi connectivity index (χ2n) is 3.88. The van der Waals surface area contributed by atoms with Gasteiger partial charge in [0.1, 0.15) is 0 Å². The van der Waals surface area contributed by atoms with Crippen LogP contribution in [0.25, 0.3) is 0 Å². The minimum atomic E-state index is -0.402. The predicted molar refractivity (Wildman–Crippen MR) is 66.7 cm³/mol. The minimum Gasteiger partial charge on any atom is -0.504 e. The summed E-state index contributed by atoms with van der Waals surface area (Å²) >= 11 is 5.56. The SMILES string of the molecule is CC(CCCCl)NC(=O)c1cccc(O)c1O. The van der Waals surface area contributed by atoms with E-state index < -0.39 is 11.7 Å². The van der Waals surface area contributed by atoms with Gasteiger partial charge in [0, 0.05) is 11.9 Å². The molecule has 0 spiro atoms. The molecule has 0 aliphatic heterocycles. The lowest BCUT2D eigenvalue weighted by Crippen LogP contribution is -2.32. The van der Waals surface area contributed by atoms with Crippen LogP contribution >= 0.6 is 11.6 Å². The molecule has 94 valence electrons. The Bertz CT molecular complexity index is 395. The molecular weight excluding hydrogens is 242 g/mol. The van der Waals surface area contributed by atoms with Gasteiger partial charge >= 0.3 is 0 Å². The summed E-state index contributed by atoms with van der Waals surface area (Å²) in [5.74, 6) is -0.543. The Hall–Kier alpha value is -1.42. The highest BCUT2D eigenvalue weighted by atomic mass is 35.5. The molecule has 5 heteroatoms. The third kappa shape index (κ3) is 3.82. The summed E-state index contributed by atoms with van der Waals surface area (Å²) in [4.78, 5) is 11.8. The summed E-state index contributed by atoms with van der Waals surface area (Å²) in [5, 5.41) is 21.5. The molecule has 1 aromatic rings. The Morgan fingerprint density at radius 1 is 1.47 bits per heavy atom. The van der Waals surface area contributed by atoms with Crippen LogP contribution in [0, 0.1) is 0 Å². The van der Waals surface area contributed by atoms with Crippen molar-refractivity contribution < 1.29 is 15.0 Å². The number of benzene rings is 1. The lowest BCUT2D eigenvalue weighted by atomic mass is 10.1. The Morgan fingerprint density at radius 2 is 2.18 bits per heavy atom. The Balaban J connectivity index is 2.67. The van der Waals surface area contributed by atoms with Gasteiger partial charge in [0.25, 0.3) is 5.91 Å². The van der Waals surface area contributed by atoms with Crippen molar-refractivity contribution in [2.75, 3.05) is 5.88 Å². The highest BCUT2D eigenvalue weighted by molar-refractivity contribution is 6.17. The topological polar surface area (TPSA) is 69.6 Å². The van der Waals surface area contributed by atoms with E-state index in [4.69, 9.17) is 11.6 Å². The van der Waals surface area contributed by atoms with Gasteiger partial charge in [-0.1, -0.05) is 6.07 Å². The van der Waals surface area contributed by atoms with Gasteiger partial charge in [-0.05, 0) is 31.9 Å². The first kappa shape index (κ1) is 13.6. The average molecular weight is 258 g/mol. The largest absolute Gasteiger partial charge is 0.504 e. The number of hydrogen-bond donors (Lipinski definition) is 3. The zero-order valence-corrected chi connectivity index (χ0v) is 10.4. The number of rotatable bonds is 5. The molecule has 0 heterocycles. The number of carbonyl (C=O) groups is 1. The van der Waals surface area contributed by atoms with Gasteiger partial charge in [-0.15, -0.1) is 11.6 Å². The van der Waals surface area contributed by atoms with Crippen LogP contribution in [-0.2, 0) is 0 Å². The molecule has 0 saturated heterocycles. The summed E-state index contributed by atoms with van der Waals surface area (Å²) < 4.78 is 0. The van der Waals surface area contributed by atoms with Crippen molar-refractivity contribution in [2.24, 2.45) is 0 Å². The van der Waals surface area contributed by atoms with E-state index in [0.717, 1.165) is 12.8 Å². The third-order valence-electron chi connectivity index (χ3n) is 2.41. The van der Waals surface area contributed by atoms with Crippen LogP contribution in [0.3, 0.4) is 0 Å². The van der Waals surface area contributed by atoms with Crippen LogP contribution < -0.4 is 5.32 Å². The number of alkyl halides is 1. The number of hydrogen-bond acceptors (Lipinski definition) is 3. The highest BCUT2D eigenvalue weighted by Crippen LogP contribution is 2.28. The van der Waals surface area contributed by atoms with E-state index in [1.807, 2.05) is 6.92 Å². The molecule has 3 N–H and O–H groups in total. The highest BCUT2D eigenvalue weighted by Gasteiger charge is 2.15. The number of phenols is 2. The first-order valence-corrected chi connectivity index (χ1v) is 5.97. The van der Waals surface area contributed by atoms with Crippen molar-refractivity contribution in [1.82, 2.24) is 5.32 Å². The molecule has 0 saturated carbocycles. The number of para-hydroxylation sites is 1. The molecule has 1 unspecified atom stereocenters. The van der Waals surface area contributed by atoms with E-state index in [1.165, 1.54) is 18.2 Å². The van der Waals surface area contributed by atoms with E-state index in [0.29, 0.717) is 5.88 Å². The fraction of sp³-hybridized carbons (Fsp3) is 0.417. The maximum atomic E-state index is 11.8. The predicted octanol–water partition coefficient (Wildman–Crippen LogP) is 2.24. The van der Waals surface area contributed by atoms with Crippen LogP contribution in [-0.4, -0.2) is 28.0 Å². The molecule has 17 heavy (non-hydrogen) atoms. The minimum absolute atomic E-state index is 0.0250. The lowest BCUT2D eigenvalue weighted by Gasteiger charge is -2.13. The van der Waals surface area contributed by atoms with Gasteiger partial charge < -0.3 is 15.5 Å². The molecule has 1 rings (SSSR count). The second-order valence-corrected chi connectivity index (χ2v) is 4.26. The van der Waals surface area contributed by atoms with Crippen LogP contribution in [0.15, 0.2) is 18.2 Å². The fourth-order valence-corrected chi connectivity index (χ4v) is 1.63. The van der Waals surface area contributed by atoms with Gasteiger partial charge in [-0.2, -0.15) is 0 Å². The average Bonchev–Trinajstić information content (AvgIpc) is 2.29. The maximum Gasteiger partial charge on any atom is 0.255 e. The van der Waals surface area contributed by atoms with E-state index in [9.17, 15) is 15.0 Å². The summed E-state index contributed by atoms with van der Waals surface area (Å²) in [6.45, 7) is 1.87. The number of aromatic hydroxyl groups is 2. The quantitative estimate of drug-likeness (QED) is 0.560. The third-order valence-corrected chi connectivity index (χ3v) is 2.67. The molecular formula is C12H16ClNO3. The normalized spacial score (nSPS) is 12.1. The first-order valence-electron chi connectivity index (χ1n) is 5.44. The first-order chi connectivity index (χ1) is 8.06. The van der Waals surface area contributed by atoms with Gasteiger partial charge in [0.15, 0.2) is 11.5 Å². The van der Waals surface area contributed by atoms with Crippen LogP contribution in [0.2, 0.25) is 0 Å². The van der Waals surface area contributed by atoms with Crippen LogP contribution in [0.4, 0.5) is 0 Å². The molecule has 1 aromatic carbocycles. The lowest BCUT2D eigenvalue weighted by molar-refractivity contribution is 0.0935. The number of phenolic OH excluding ortho intramolecular Hbond substituents is 2. The molecule has 0 radical (unpaired) electrons. The summed E-state index contributed by atoms with van der Waals surface area (Å²) in [6.07, 6.45) is 1.59. The maximum absolute atomic E-state index is 11.8. The number of halogens is 1. The fourth-order valence-electron chi connectivity index (χ4n) is 1.47. The zero-order chi connectivity index (χ0) is 12.8. The number of carbonyl (C=O) groups excluding carboxylic acids is 1. The van der Waals surface area contributed by atoms with Crippen LogP contribution in [0.1, 0.15) is 30.1 Å². The molecule has 1 atom stereocenters. The molecule has 0 aliphatic rings. The number of amides is 1. The monoisotopic (exact) mass is 257 g/mol. The molecule has 0 bridgehead atoms. The Morgan fingerprint density at radius 3 is 2.82 bits per heavy atom. The van der Waals surface area contributed by atoms with Crippen molar-refractivity contribution in [3.8, 4) is 11.5 Å². The van der Waals surface area contributed by atoms with Gasteiger partial charge in [0.2, 0.25) is 0 Å². The Kier molecular flexibility index (Phi) is 5.10. The van der Waals surface area contributed by atoms with E-state index >= 15 is 0 Å². The van der Waals surface area contributed by atoms with E-state index in [-0.39, 0.29) is 17.4 Å². The second kappa shape index (κ2) is 6.35. The smallest absolute Gasteiger partial charge is 0.255 e. The van der Waals surface area contributed by atoms with Crippen molar-refractivity contribution >= 4 is 17.5 Å². The summed E-state index contributed by atoms with van der Waals surface area (Å²) in [6, 6.07) is 4.26. The molecule has 0 aliphatic carbocycles. The summed E-state index contributed by atoms with van der Waals surface area (Å²) in [7, 11) is 0. The van der Waals surface area contributed by atoms with Gasteiger partial charge in [-0.25, -0.2) is 0 Å². The van der Waals surface area contributed by atoms with Crippen molar-refractivity contribution in [2.45, 2.75) is 25.8 Å². The number of nitrogens with one attached hydrogen (secondary N) is 1. The standard InChI is InChI=1S/C12H16ClNO3/c1-8(4-3-7-13)14-12(17)9-5-2-6-10(15)11(9)16/h2,5-6,8,15-16H,3-4,7H2,1H3,(H,14,17). The van der Waals surface area contributed by atoms with Crippen molar-refractivity contribution in [3.63, 3.8) is 0 Å². The zero-order valence-electron chi connectivity index (χ0n) is 9.61. The van der Waals surface area contributed by atoms with Crippen molar-refractivity contribution in [3.05, 3.63) is 23.8 Å². The molecule has 0 aromatic heterocycles. The van der Waals surface area contributed by atoms with Crippen LogP contribution in [0.5, 0.6) is 11.5 Å². The van der Waals surface area contributed by atoms with Gasteiger partial charge in [0.05, 0.1) is 5.56 Å². The molecule has 0 fully saturated rings. The van der Waals surface area contributed by atoms with E-state index in [2.05, 4.69) is 5.32 Å². The summed E-state index contributed by atoms with van der Waals surface area (Å²) in [5.41, 5.74) is 0.0720. The van der Waals surface area contributed by atoms with E-state index in [1.54, 1.807) is 0 Å². The molecule has 4 nitrogen and oxygen atoms in total. The van der Waals surface area contributed by atoms with Gasteiger partial charge in [-0.3, -0.25) is 4.79 Å². The Labute approximate surface area is 105 Å². The molecule has 1 amide bonds.